The number of carbonyl (C=O) groups is 1. The van der Waals surface area contributed by atoms with Gasteiger partial charge in [0.05, 0.1) is 30.5 Å². The lowest BCUT2D eigenvalue weighted by Crippen LogP contribution is -2.30. The first-order valence-corrected chi connectivity index (χ1v) is 13.7. The van der Waals surface area contributed by atoms with E-state index in [0.717, 1.165) is 41.4 Å². The van der Waals surface area contributed by atoms with Gasteiger partial charge in [0.1, 0.15) is 11.8 Å². The Morgan fingerprint density at radius 2 is 1.69 bits per heavy atom. The summed E-state index contributed by atoms with van der Waals surface area (Å²) in [6, 6.07) is 25.3. The Morgan fingerprint density at radius 3 is 2.38 bits per heavy atom. The molecule has 2 aliphatic rings. The van der Waals surface area contributed by atoms with Crippen LogP contribution in [0.25, 0.3) is 5.69 Å². The summed E-state index contributed by atoms with van der Waals surface area (Å²) >= 11 is 5.91. The molecule has 3 heterocycles. The van der Waals surface area contributed by atoms with Crippen LogP contribution >= 0.6 is 12.2 Å². The van der Waals surface area contributed by atoms with Crippen LogP contribution in [-0.2, 0) is 4.74 Å². The zero-order chi connectivity index (χ0) is 26.8. The molecule has 1 N–H and O–H groups in total. The number of benzene rings is 2. The van der Waals surface area contributed by atoms with Crippen molar-refractivity contribution in [2.45, 2.75) is 43.9 Å². The lowest BCUT2D eigenvalue weighted by Gasteiger charge is -2.29. The average molecular weight is 539 g/mol. The van der Waals surface area contributed by atoms with E-state index < -0.39 is 0 Å². The SMILES string of the molecule is COC(=O)c1ccc(-n2cccc2[C@H]2[C@@H](c3ccccn3)NC(=S)N2c2ccc(OC3CCCC3)cc2)cc1. The van der Waals surface area contributed by atoms with Crippen LogP contribution in [0.2, 0.25) is 0 Å². The number of aromatic nitrogens is 2. The number of hydrogen-bond acceptors (Lipinski definition) is 5. The predicted octanol–water partition coefficient (Wildman–Crippen LogP) is 6.16. The molecule has 0 unspecified atom stereocenters. The predicted molar refractivity (Wildman–Crippen MR) is 154 cm³/mol. The number of methoxy groups -OCH3 is 1. The molecule has 2 aromatic carbocycles. The second kappa shape index (κ2) is 10.9. The number of nitrogens with zero attached hydrogens (tertiary/aromatic N) is 3. The largest absolute Gasteiger partial charge is 0.490 e. The van der Waals surface area contributed by atoms with Crippen LogP contribution in [0.5, 0.6) is 5.75 Å². The monoisotopic (exact) mass is 538 g/mol. The van der Waals surface area contributed by atoms with Gasteiger partial charge in [-0.2, -0.15) is 0 Å². The number of rotatable bonds is 7. The van der Waals surface area contributed by atoms with E-state index in [4.69, 9.17) is 21.7 Å². The quantitative estimate of drug-likeness (QED) is 0.223. The van der Waals surface area contributed by atoms with Crippen molar-refractivity contribution < 1.29 is 14.3 Å². The molecule has 2 aromatic heterocycles. The van der Waals surface area contributed by atoms with Crippen molar-refractivity contribution in [1.82, 2.24) is 14.9 Å². The maximum Gasteiger partial charge on any atom is 0.337 e. The lowest BCUT2D eigenvalue weighted by molar-refractivity contribution is 0.0600. The molecule has 0 spiro atoms. The van der Waals surface area contributed by atoms with Crippen LogP contribution in [0.15, 0.2) is 91.3 Å². The molecule has 8 heteroatoms. The molecule has 1 saturated heterocycles. The van der Waals surface area contributed by atoms with Crippen molar-refractivity contribution in [2.24, 2.45) is 0 Å². The summed E-state index contributed by atoms with van der Waals surface area (Å²) in [4.78, 5) is 18.8. The fraction of sp³-hybridized carbons (Fsp3) is 0.258. The summed E-state index contributed by atoms with van der Waals surface area (Å²) in [7, 11) is 1.38. The molecular weight excluding hydrogens is 508 g/mol. The van der Waals surface area contributed by atoms with Gasteiger partial charge in [0, 0.05) is 29.5 Å². The highest BCUT2D eigenvalue weighted by Crippen LogP contribution is 2.42. The van der Waals surface area contributed by atoms with Crippen molar-refractivity contribution in [3.05, 3.63) is 108 Å². The highest BCUT2D eigenvalue weighted by atomic mass is 32.1. The van der Waals surface area contributed by atoms with Gasteiger partial charge in [-0.05, 0) is 111 Å². The van der Waals surface area contributed by atoms with Gasteiger partial charge >= 0.3 is 5.97 Å². The third kappa shape index (κ3) is 5.00. The summed E-state index contributed by atoms with van der Waals surface area (Å²) in [6.07, 6.45) is 8.84. The number of esters is 1. The lowest BCUT2D eigenvalue weighted by atomic mass is 10.0. The van der Waals surface area contributed by atoms with E-state index in [0.29, 0.717) is 16.8 Å². The Balaban J connectivity index is 1.37. The third-order valence-electron chi connectivity index (χ3n) is 7.47. The topological polar surface area (TPSA) is 68.6 Å². The number of pyridine rings is 1. The fourth-order valence-corrected chi connectivity index (χ4v) is 5.91. The Morgan fingerprint density at radius 1 is 0.949 bits per heavy atom. The summed E-state index contributed by atoms with van der Waals surface area (Å²) in [5.74, 6) is 0.525. The number of nitrogens with one attached hydrogen (secondary N) is 1. The zero-order valence-corrected chi connectivity index (χ0v) is 22.5. The molecular formula is C31H30N4O3S. The highest BCUT2D eigenvalue weighted by Gasteiger charge is 2.42. The molecule has 1 saturated carbocycles. The molecule has 39 heavy (non-hydrogen) atoms. The van der Waals surface area contributed by atoms with Crippen LogP contribution < -0.4 is 15.0 Å². The molecule has 1 aliphatic carbocycles. The van der Waals surface area contributed by atoms with E-state index in [1.807, 2.05) is 54.7 Å². The summed E-state index contributed by atoms with van der Waals surface area (Å²) in [5, 5.41) is 4.16. The third-order valence-corrected chi connectivity index (χ3v) is 7.78. The standard InChI is InChI=1S/C31H30N4O3S/c1-37-30(36)21-11-13-22(14-12-21)34-20-6-10-27(34)29-28(26-9-4-5-19-32-26)33-31(39)35(29)23-15-17-25(18-16-23)38-24-7-2-3-8-24/h4-6,9-20,24,28-29H,2-3,7-8H2,1H3,(H,33,39)/t28-,29+/m1/s1. The van der Waals surface area contributed by atoms with E-state index in [9.17, 15) is 4.79 Å². The maximum absolute atomic E-state index is 12.0. The van der Waals surface area contributed by atoms with Crippen molar-refractivity contribution in [3.8, 4) is 11.4 Å². The number of hydrogen-bond donors (Lipinski definition) is 1. The van der Waals surface area contributed by atoms with Gasteiger partial charge in [-0.15, -0.1) is 0 Å². The van der Waals surface area contributed by atoms with Gasteiger partial charge in [0.2, 0.25) is 0 Å². The van der Waals surface area contributed by atoms with Crippen molar-refractivity contribution in [2.75, 3.05) is 12.0 Å². The normalized spacial score (nSPS) is 19.2. The van der Waals surface area contributed by atoms with Crippen LogP contribution in [0.3, 0.4) is 0 Å². The minimum atomic E-state index is -0.360. The molecule has 0 bridgehead atoms. The number of ether oxygens (including phenoxy) is 2. The van der Waals surface area contributed by atoms with Gasteiger partial charge in [0.25, 0.3) is 0 Å². The van der Waals surface area contributed by atoms with Crippen molar-refractivity contribution >= 4 is 29.0 Å². The van der Waals surface area contributed by atoms with Gasteiger partial charge in [-0.25, -0.2) is 4.79 Å². The molecule has 4 aromatic rings. The first-order chi connectivity index (χ1) is 19.1. The van der Waals surface area contributed by atoms with Crippen LogP contribution in [0.4, 0.5) is 5.69 Å². The Kier molecular flexibility index (Phi) is 7.02. The molecule has 1 aliphatic heterocycles. The zero-order valence-electron chi connectivity index (χ0n) is 21.7. The second-order valence-electron chi connectivity index (χ2n) is 9.86. The molecule has 2 atom stereocenters. The number of anilines is 1. The number of thiocarbonyl (C=S) groups is 1. The molecule has 7 nitrogen and oxygen atoms in total. The summed E-state index contributed by atoms with van der Waals surface area (Å²) in [6.45, 7) is 0. The second-order valence-corrected chi connectivity index (χ2v) is 10.2. The van der Waals surface area contributed by atoms with E-state index >= 15 is 0 Å². The molecule has 0 amide bonds. The first kappa shape index (κ1) is 25.1. The van der Waals surface area contributed by atoms with E-state index in [2.05, 4.69) is 38.0 Å². The first-order valence-electron chi connectivity index (χ1n) is 13.3. The van der Waals surface area contributed by atoms with E-state index in [1.54, 1.807) is 18.3 Å². The molecule has 2 fully saturated rings. The van der Waals surface area contributed by atoms with Crippen LogP contribution in [0.1, 0.15) is 59.5 Å². The Hall–Kier alpha value is -4.17. The maximum atomic E-state index is 12.0. The van der Waals surface area contributed by atoms with Crippen LogP contribution in [0, 0.1) is 0 Å². The van der Waals surface area contributed by atoms with E-state index in [1.165, 1.54) is 20.0 Å². The minimum absolute atomic E-state index is 0.170. The van der Waals surface area contributed by atoms with Crippen LogP contribution in [-0.4, -0.2) is 33.8 Å². The van der Waals surface area contributed by atoms with Gasteiger partial charge < -0.3 is 24.3 Å². The average Bonchev–Trinajstić information content (AvgIpc) is 3.74. The molecule has 0 radical (unpaired) electrons. The summed E-state index contributed by atoms with van der Waals surface area (Å²) in [5.41, 5.74) is 4.35. The van der Waals surface area contributed by atoms with Crippen molar-refractivity contribution in [1.29, 1.82) is 0 Å². The summed E-state index contributed by atoms with van der Waals surface area (Å²) < 4.78 is 13.2. The Labute approximate surface area is 233 Å². The molecule has 6 rings (SSSR count). The van der Waals surface area contributed by atoms with Gasteiger partial charge in [-0.1, -0.05) is 6.07 Å². The van der Waals surface area contributed by atoms with E-state index in [-0.39, 0.29) is 18.1 Å². The van der Waals surface area contributed by atoms with Crippen molar-refractivity contribution in [3.63, 3.8) is 0 Å². The van der Waals surface area contributed by atoms with Gasteiger partial charge in [0.15, 0.2) is 5.11 Å². The highest BCUT2D eigenvalue weighted by molar-refractivity contribution is 7.80. The minimum Gasteiger partial charge on any atom is -0.490 e. The fourth-order valence-electron chi connectivity index (χ4n) is 5.56. The number of carbonyl (C=O) groups excluding carboxylic acids is 1. The smallest absolute Gasteiger partial charge is 0.337 e. The van der Waals surface area contributed by atoms with Gasteiger partial charge in [-0.3, -0.25) is 4.98 Å². The Bertz CT molecular complexity index is 1450. The molecule has 198 valence electrons.